The van der Waals surface area contributed by atoms with E-state index in [1.54, 1.807) is 13.2 Å². The van der Waals surface area contributed by atoms with Crippen molar-refractivity contribution in [2.75, 3.05) is 39.8 Å². The predicted molar refractivity (Wildman–Crippen MR) is 113 cm³/mol. The highest BCUT2D eigenvalue weighted by Gasteiger charge is 2.21. The van der Waals surface area contributed by atoms with Crippen LogP contribution in [0.5, 0.6) is 5.75 Å². The van der Waals surface area contributed by atoms with Crippen molar-refractivity contribution in [2.45, 2.75) is 19.5 Å². The number of rotatable bonds is 7. The molecule has 1 atom stereocenters. The van der Waals surface area contributed by atoms with Crippen LogP contribution in [-0.2, 0) is 11.3 Å². The average Bonchev–Trinajstić information content (AvgIpc) is 2.69. The van der Waals surface area contributed by atoms with Gasteiger partial charge in [0.1, 0.15) is 11.6 Å². The summed E-state index contributed by atoms with van der Waals surface area (Å²) in [6.07, 6.45) is 0. The number of benzene rings is 2. The van der Waals surface area contributed by atoms with E-state index in [1.807, 2.05) is 31.2 Å². The van der Waals surface area contributed by atoms with Crippen molar-refractivity contribution >= 4 is 17.5 Å². The van der Waals surface area contributed by atoms with Gasteiger partial charge in [-0.15, -0.1) is 0 Å². The highest BCUT2D eigenvalue weighted by Crippen LogP contribution is 2.22. The number of methoxy groups -OCH3 is 1. The van der Waals surface area contributed by atoms with Crippen molar-refractivity contribution in [3.8, 4) is 5.75 Å². The number of nitrogens with zero attached hydrogens (tertiary/aromatic N) is 2. The number of nitrogens with one attached hydrogen (secondary N) is 1. The molecule has 0 saturated carbocycles. The Labute approximate surface area is 176 Å². The second kappa shape index (κ2) is 10.1. The van der Waals surface area contributed by atoms with E-state index in [0.717, 1.165) is 37.3 Å². The topological polar surface area (TPSA) is 44.8 Å². The van der Waals surface area contributed by atoms with Crippen molar-refractivity contribution in [1.29, 1.82) is 0 Å². The fraction of sp³-hybridized carbons (Fsp3) is 0.409. The number of carbonyl (C=O) groups is 1. The molecule has 1 aliphatic heterocycles. The number of hydrogen-bond acceptors (Lipinski definition) is 4. The Morgan fingerprint density at radius 1 is 1.17 bits per heavy atom. The molecule has 0 aromatic heterocycles. The third-order valence-electron chi connectivity index (χ3n) is 5.19. The molecule has 7 heteroatoms. The molecule has 0 aliphatic carbocycles. The van der Waals surface area contributed by atoms with Crippen LogP contribution in [0.25, 0.3) is 0 Å². The lowest BCUT2D eigenvalue weighted by molar-refractivity contribution is -0.123. The number of piperazine rings is 1. The molecule has 1 saturated heterocycles. The predicted octanol–water partition coefficient (Wildman–Crippen LogP) is 3.48. The fourth-order valence-electron chi connectivity index (χ4n) is 3.57. The minimum absolute atomic E-state index is 0.00211. The van der Waals surface area contributed by atoms with Gasteiger partial charge in [-0.25, -0.2) is 4.39 Å². The van der Waals surface area contributed by atoms with Crippen LogP contribution in [0.4, 0.5) is 4.39 Å². The minimum Gasteiger partial charge on any atom is -0.496 e. The summed E-state index contributed by atoms with van der Waals surface area (Å²) >= 11 is 6.03. The summed E-state index contributed by atoms with van der Waals surface area (Å²) < 4.78 is 18.9. The molecule has 0 bridgehead atoms. The summed E-state index contributed by atoms with van der Waals surface area (Å²) in [6, 6.07) is 12.0. The molecule has 5 nitrogen and oxygen atoms in total. The van der Waals surface area contributed by atoms with Crippen molar-refractivity contribution < 1.29 is 13.9 Å². The molecule has 3 rings (SSSR count). The van der Waals surface area contributed by atoms with Crippen LogP contribution in [-0.4, -0.2) is 55.5 Å². The Morgan fingerprint density at radius 2 is 1.90 bits per heavy atom. The lowest BCUT2D eigenvalue weighted by Crippen LogP contribution is -2.49. The van der Waals surface area contributed by atoms with Crippen LogP contribution >= 0.6 is 11.6 Å². The van der Waals surface area contributed by atoms with E-state index < -0.39 is 0 Å². The third kappa shape index (κ3) is 6.16. The summed E-state index contributed by atoms with van der Waals surface area (Å²) in [4.78, 5) is 16.8. The maximum Gasteiger partial charge on any atom is 0.234 e. The van der Waals surface area contributed by atoms with E-state index in [4.69, 9.17) is 16.3 Å². The molecule has 0 radical (unpaired) electrons. The average molecular weight is 420 g/mol. The summed E-state index contributed by atoms with van der Waals surface area (Å²) in [6.45, 7) is 6.16. The molecule has 1 fully saturated rings. The van der Waals surface area contributed by atoms with Crippen LogP contribution in [0.15, 0.2) is 42.5 Å². The van der Waals surface area contributed by atoms with Gasteiger partial charge in [-0.1, -0.05) is 23.7 Å². The quantitative estimate of drug-likeness (QED) is 0.746. The first kappa shape index (κ1) is 21.6. The van der Waals surface area contributed by atoms with Crippen LogP contribution in [0.1, 0.15) is 24.1 Å². The molecule has 2 aromatic rings. The Bertz CT molecular complexity index is 841. The first-order chi connectivity index (χ1) is 13.9. The van der Waals surface area contributed by atoms with Crippen LogP contribution in [0.3, 0.4) is 0 Å². The Morgan fingerprint density at radius 3 is 2.59 bits per heavy atom. The number of amides is 1. The first-order valence-electron chi connectivity index (χ1n) is 9.76. The van der Waals surface area contributed by atoms with E-state index >= 15 is 0 Å². The molecule has 29 heavy (non-hydrogen) atoms. The highest BCUT2D eigenvalue weighted by atomic mass is 35.5. The molecule has 0 spiro atoms. The van der Waals surface area contributed by atoms with Crippen molar-refractivity contribution in [3.63, 3.8) is 0 Å². The standard InChI is InChI=1S/C22H27ClFN3O2/c1-16(17-4-3-5-19(23)12-17)25-22(28)15-27-10-8-26(9-11-27)14-18-13-20(24)6-7-21(18)29-2/h3-7,12-13,16H,8-11,14-15H2,1-2H3,(H,25,28)/t16-/m1/s1. The summed E-state index contributed by atoms with van der Waals surface area (Å²) in [5.41, 5.74) is 1.83. The summed E-state index contributed by atoms with van der Waals surface area (Å²) in [7, 11) is 1.59. The van der Waals surface area contributed by atoms with Gasteiger partial charge in [0.15, 0.2) is 0 Å². The third-order valence-corrected chi connectivity index (χ3v) is 5.43. The molecule has 1 heterocycles. The van der Waals surface area contributed by atoms with E-state index in [1.165, 1.54) is 12.1 Å². The van der Waals surface area contributed by atoms with Crippen LogP contribution < -0.4 is 10.1 Å². The van der Waals surface area contributed by atoms with Crippen LogP contribution in [0.2, 0.25) is 5.02 Å². The Balaban J connectivity index is 1.46. The van der Waals surface area contributed by atoms with Gasteiger partial charge in [0.05, 0.1) is 19.7 Å². The van der Waals surface area contributed by atoms with Crippen LogP contribution in [0, 0.1) is 5.82 Å². The summed E-state index contributed by atoms with van der Waals surface area (Å²) in [5, 5.41) is 3.69. The van der Waals surface area contributed by atoms with Crippen molar-refractivity contribution in [1.82, 2.24) is 15.1 Å². The summed E-state index contributed by atoms with van der Waals surface area (Å²) in [5.74, 6) is 0.436. The second-order valence-electron chi connectivity index (χ2n) is 7.35. The fourth-order valence-corrected chi connectivity index (χ4v) is 3.77. The minimum atomic E-state index is -0.259. The van der Waals surface area contributed by atoms with E-state index in [9.17, 15) is 9.18 Å². The second-order valence-corrected chi connectivity index (χ2v) is 7.79. The maximum atomic E-state index is 13.6. The van der Waals surface area contributed by atoms with Gasteiger partial charge in [-0.05, 0) is 42.8 Å². The monoisotopic (exact) mass is 419 g/mol. The lowest BCUT2D eigenvalue weighted by atomic mass is 10.1. The number of hydrogen-bond donors (Lipinski definition) is 1. The van der Waals surface area contributed by atoms with Crippen molar-refractivity contribution in [2.24, 2.45) is 0 Å². The Kier molecular flexibility index (Phi) is 7.47. The normalized spacial score (nSPS) is 16.4. The molecule has 1 aliphatic rings. The van der Waals surface area contributed by atoms with Gasteiger partial charge >= 0.3 is 0 Å². The molecular weight excluding hydrogens is 393 g/mol. The van der Waals surface area contributed by atoms with Gasteiger partial charge in [0.25, 0.3) is 0 Å². The van der Waals surface area contributed by atoms with E-state index in [0.29, 0.717) is 23.9 Å². The highest BCUT2D eigenvalue weighted by molar-refractivity contribution is 6.30. The van der Waals surface area contributed by atoms with Gasteiger partial charge in [-0.2, -0.15) is 0 Å². The maximum absolute atomic E-state index is 13.6. The van der Waals surface area contributed by atoms with E-state index in [2.05, 4.69) is 15.1 Å². The van der Waals surface area contributed by atoms with Gasteiger partial charge in [0.2, 0.25) is 5.91 Å². The van der Waals surface area contributed by atoms with Gasteiger partial charge in [0, 0.05) is 43.3 Å². The number of carbonyl (C=O) groups excluding carboxylic acids is 1. The number of ether oxygens (including phenoxy) is 1. The molecule has 1 N–H and O–H groups in total. The molecule has 1 amide bonds. The smallest absolute Gasteiger partial charge is 0.234 e. The van der Waals surface area contributed by atoms with E-state index in [-0.39, 0.29) is 17.8 Å². The first-order valence-corrected chi connectivity index (χ1v) is 10.1. The molecule has 0 unspecified atom stereocenters. The lowest BCUT2D eigenvalue weighted by Gasteiger charge is -2.34. The number of halogens is 2. The zero-order chi connectivity index (χ0) is 20.8. The SMILES string of the molecule is COc1ccc(F)cc1CN1CCN(CC(=O)N[C@H](C)c2cccc(Cl)c2)CC1. The zero-order valence-electron chi connectivity index (χ0n) is 16.8. The van der Waals surface area contributed by atoms with Gasteiger partial charge in [-0.3, -0.25) is 14.6 Å². The molecule has 2 aromatic carbocycles. The Hall–Kier alpha value is -2.15. The van der Waals surface area contributed by atoms with Gasteiger partial charge < -0.3 is 10.1 Å². The van der Waals surface area contributed by atoms with Crippen molar-refractivity contribution in [3.05, 3.63) is 64.4 Å². The zero-order valence-corrected chi connectivity index (χ0v) is 17.6. The molecular formula is C22H27ClFN3O2. The molecule has 156 valence electrons. The largest absolute Gasteiger partial charge is 0.496 e.